The number of aryl methyl sites for hydroxylation is 1. The molecule has 2 aliphatic heterocycles. The van der Waals surface area contributed by atoms with Gasteiger partial charge in [-0.05, 0) is 54.9 Å². The number of piperidine rings is 1. The molecule has 21 heavy (non-hydrogen) atoms. The van der Waals surface area contributed by atoms with Gasteiger partial charge in [-0.15, -0.1) is 0 Å². The first-order valence-corrected chi connectivity index (χ1v) is 8.20. The molecular weight excluding hydrogens is 256 g/mol. The van der Waals surface area contributed by atoms with Crippen LogP contribution in [0.2, 0.25) is 0 Å². The van der Waals surface area contributed by atoms with Gasteiger partial charge in [0, 0.05) is 38.1 Å². The lowest BCUT2D eigenvalue weighted by Crippen LogP contribution is -2.46. The fourth-order valence-electron chi connectivity index (χ4n) is 4.16. The summed E-state index contributed by atoms with van der Waals surface area (Å²) in [5.41, 5.74) is 4.63. The highest BCUT2D eigenvalue weighted by molar-refractivity contribution is 5.30. The van der Waals surface area contributed by atoms with Crippen molar-refractivity contribution in [3.05, 3.63) is 59.4 Å². The Morgan fingerprint density at radius 1 is 1.00 bits per heavy atom. The maximum absolute atomic E-state index is 2.74. The lowest BCUT2D eigenvalue weighted by molar-refractivity contribution is 0.0917. The Hall–Kier alpha value is -1.54. The summed E-state index contributed by atoms with van der Waals surface area (Å²) < 4.78 is 2.26. The largest absolute Gasteiger partial charge is 0.353 e. The summed E-state index contributed by atoms with van der Waals surface area (Å²) in [6.07, 6.45) is 7.43. The van der Waals surface area contributed by atoms with E-state index in [4.69, 9.17) is 0 Å². The Labute approximate surface area is 127 Å². The van der Waals surface area contributed by atoms with Crippen LogP contribution in [0.4, 0.5) is 0 Å². The van der Waals surface area contributed by atoms with Gasteiger partial charge in [0.15, 0.2) is 0 Å². The lowest BCUT2D eigenvalue weighted by Gasteiger charge is -2.42. The highest BCUT2D eigenvalue weighted by Gasteiger charge is 2.31. The fourth-order valence-corrected chi connectivity index (χ4v) is 4.16. The van der Waals surface area contributed by atoms with Crippen LogP contribution in [-0.2, 0) is 26.4 Å². The molecule has 0 spiro atoms. The van der Waals surface area contributed by atoms with Crippen molar-refractivity contribution in [1.29, 1.82) is 0 Å². The maximum atomic E-state index is 2.74. The van der Waals surface area contributed by atoms with Crippen molar-refractivity contribution in [3.63, 3.8) is 0 Å². The summed E-state index contributed by atoms with van der Waals surface area (Å²) in [6, 6.07) is 14.2. The molecule has 0 saturated carbocycles. The van der Waals surface area contributed by atoms with Gasteiger partial charge in [-0.3, -0.25) is 4.90 Å². The Morgan fingerprint density at radius 3 is 2.57 bits per heavy atom. The van der Waals surface area contributed by atoms with E-state index >= 15 is 0 Å². The van der Waals surface area contributed by atoms with Gasteiger partial charge in [0.25, 0.3) is 0 Å². The predicted octanol–water partition coefficient (Wildman–Crippen LogP) is 3.40. The summed E-state index contributed by atoms with van der Waals surface area (Å²) in [5, 5.41) is 0. The second-order valence-electron chi connectivity index (χ2n) is 6.81. The molecule has 2 heteroatoms. The van der Waals surface area contributed by atoms with Crippen molar-refractivity contribution in [1.82, 2.24) is 9.47 Å². The zero-order chi connectivity index (χ0) is 14.2. The molecule has 1 fully saturated rings. The van der Waals surface area contributed by atoms with Crippen LogP contribution in [0.5, 0.6) is 0 Å². The van der Waals surface area contributed by atoms with Gasteiger partial charge < -0.3 is 4.57 Å². The highest BCUT2D eigenvalue weighted by Crippen LogP contribution is 2.32. The van der Waals surface area contributed by atoms with Crippen LogP contribution >= 0.6 is 0 Å². The number of hydrogen-bond acceptors (Lipinski definition) is 1. The third-order valence-corrected chi connectivity index (χ3v) is 5.42. The van der Waals surface area contributed by atoms with Crippen LogP contribution in [0.25, 0.3) is 0 Å². The number of fused-ring (bicyclic) bond motifs is 2. The molecule has 110 valence electrons. The minimum atomic E-state index is 0.720. The van der Waals surface area contributed by atoms with E-state index in [1.807, 2.05) is 0 Å². The molecule has 0 amide bonds. The normalized spacial score (nSPS) is 25.4. The van der Waals surface area contributed by atoms with Crippen LogP contribution in [0.15, 0.2) is 42.6 Å². The topological polar surface area (TPSA) is 8.17 Å². The predicted molar refractivity (Wildman–Crippen MR) is 86.2 cm³/mol. The van der Waals surface area contributed by atoms with Crippen LogP contribution in [-0.4, -0.2) is 22.1 Å². The van der Waals surface area contributed by atoms with Crippen LogP contribution in [0.3, 0.4) is 0 Å². The van der Waals surface area contributed by atoms with Crippen molar-refractivity contribution < 1.29 is 0 Å². The molecule has 2 aromatic rings. The van der Waals surface area contributed by atoms with E-state index in [2.05, 4.69) is 59.1 Å². The second kappa shape index (κ2) is 5.34. The molecular formula is C19H24N2. The zero-order valence-electron chi connectivity index (χ0n) is 12.8. The van der Waals surface area contributed by atoms with E-state index in [1.165, 1.54) is 37.9 Å². The SMILES string of the molecule is Cn1cccc1CN1C[C@@H]2CC[C@H]1Cc1ccccc1C2. The summed E-state index contributed by atoms with van der Waals surface area (Å²) in [7, 11) is 2.16. The van der Waals surface area contributed by atoms with Gasteiger partial charge in [-0.25, -0.2) is 0 Å². The molecule has 0 radical (unpaired) electrons. The molecule has 1 aromatic carbocycles. The number of benzene rings is 1. The molecule has 0 N–H and O–H groups in total. The summed E-state index contributed by atoms with van der Waals surface area (Å²) in [4.78, 5) is 2.74. The molecule has 1 aliphatic carbocycles. The van der Waals surface area contributed by atoms with E-state index < -0.39 is 0 Å². The van der Waals surface area contributed by atoms with Gasteiger partial charge in [0.2, 0.25) is 0 Å². The number of hydrogen-bond donors (Lipinski definition) is 0. The van der Waals surface area contributed by atoms with Gasteiger partial charge in [-0.1, -0.05) is 24.3 Å². The maximum Gasteiger partial charge on any atom is 0.0390 e. The lowest BCUT2D eigenvalue weighted by atomic mass is 9.80. The van der Waals surface area contributed by atoms with E-state index in [9.17, 15) is 0 Å². The summed E-state index contributed by atoms with van der Waals surface area (Å²) >= 11 is 0. The van der Waals surface area contributed by atoms with Gasteiger partial charge >= 0.3 is 0 Å². The standard InChI is InChI=1S/C19H24N2/c1-20-10-4-7-19(20)14-21-13-15-8-9-18(21)12-17-6-3-2-5-16(17)11-15/h2-7,10,15,18H,8-9,11-14H2,1H3/t15-,18+/m1/s1. The molecule has 0 unspecified atom stereocenters. The van der Waals surface area contributed by atoms with Gasteiger partial charge in [-0.2, -0.15) is 0 Å². The first-order valence-electron chi connectivity index (χ1n) is 8.20. The quantitative estimate of drug-likeness (QED) is 0.818. The average molecular weight is 280 g/mol. The van der Waals surface area contributed by atoms with Crippen LogP contribution in [0, 0.1) is 5.92 Å². The molecule has 1 aromatic heterocycles. The average Bonchev–Trinajstić information content (AvgIpc) is 2.85. The molecule has 2 atom stereocenters. The summed E-state index contributed by atoms with van der Waals surface area (Å²) in [5.74, 6) is 0.836. The highest BCUT2D eigenvalue weighted by atomic mass is 15.2. The number of rotatable bonds is 2. The van der Waals surface area contributed by atoms with E-state index in [0.29, 0.717) is 0 Å². The smallest absolute Gasteiger partial charge is 0.0390 e. The number of aromatic nitrogens is 1. The molecule has 2 nitrogen and oxygen atoms in total. The van der Waals surface area contributed by atoms with Gasteiger partial charge in [0.05, 0.1) is 0 Å². The molecule has 3 heterocycles. The third-order valence-electron chi connectivity index (χ3n) is 5.42. The number of nitrogens with zero attached hydrogens (tertiary/aromatic N) is 2. The second-order valence-corrected chi connectivity index (χ2v) is 6.81. The Balaban J connectivity index is 1.60. The Bertz CT molecular complexity index is 628. The third kappa shape index (κ3) is 2.53. The fraction of sp³-hybridized carbons (Fsp3) is 0.474. The summed E-state index contributed by atoms with van der Waals surface area (Å²) in [6.45, 7) is 2.37. The Kier molecular flexibility index (Phi) is 3.34. The van der Waals surface area contributed by atoms with Crippen LogP contribution in [0.1, 0.15) is 29.7 Å². The van der Waals surface area contributed by atoms with E-state index in [0.717, 1.165) is 18.5 Å². The van der Waals surface area contributed by atoms with Crippen molar-refractivity contribution in [2.24, 2.45) is 13.0 Å². The minimum absolute atomic E-state index is 0.720. The van der Waals surface area contributed by atoms with E-state index in [-0.39, 0.29) is 0 Å². The first-order chi connectivity index (χ1) is 10.3. The first kappa shape index (κ1) is 13.1. The van der Waals surface area contributed by atoms with Gasteiger partial charge in [0.1, 0.15) is 0 Å². The monoisotopic (exact) mass is 280 g/mol. The van der Waals surface area contributed by atoms with Crippen LogP contribution < -0.4 is 0 Å². The Morgan fingerprint density at radius 2 is 1.81 bits per heavy atom. The van der Waals surface area contributed by atoms with Crippen molar-refractivity contribution in [3.8, 4) is 0 Å². The van der Waals surface area contributed by atoms with Crippen molar-refractivity contribution in [2.45, 2.75) is 38.3 Å². The minimum Gasteiger partial charge on any atom is -0.353 e. The molecule has 2 bridgehead atoms. The van der Waals surface area contributed by atoms with Crippen molar-refractivity contribution >= 4 is 0 Å². The molecule has 5 rings (SSSR count). The van der Waals surface area contributed by atoms with Crippen molar-refractivity contribution in [2.75, 3.05) is 6.54 Å². The molecule has 1 saturated heterocycles. The van der Waals surface area contributed by atoms with E-state index in [1.54, 1.807) is 11.1 Å². The zero-order valence-corrected chi connectivity index (χ0v) is 12.8. The molecule has 3 aliphatic rings.